The summed E-state index contributed by atoms with van der Waals surface area (Å²) in [5.41, 5.74) is 1.80. The Morgan fingerprint density at radius 2 is 2.20 bits per heavy atom. The smallest absolute Gasteiger partial charge is 0.0576 e. The summed E-state index contributed by atoms with van der Waals surface area (Å²) in [6.45, 7) is 7.64. The van der Waals surface area contributed by atoms with Crippen LogP contribution in [0.1, 0.15) is 27.2 Å². The summed E-state index contributed by atoms with van der Waals surface area (Å²) < 4.78 is 0. The van der Waals surface area contributed by atoms with Gasteiger partial charge in [0, 0.05) is 6.21 Å². The molecule has 1 aliphatic rings. The van der Waals surface area contributed by atoms with Crippen LogP contribution < -0.4 is 0 Å². The van der Waals surface area contributed by atoms with E-state index in [4.69, 9.17) is 0 Å². The molecule has 1 heterocycles. The summed E-state index contributed by atoms with van der Waals surface area (Å²) in [7, 11) is 0. The Morgan fingerprint density at radius 1 is 1.50 bits per heavy atom. The third-order valence-electron chi connectivity index (χ3n) is 1.45. The largest absolute Gasteiger partial charge is 0.289 e. The van der Waals surface area contributed by atoms with Crippen LogP contribution in [-0.4, -0.2) is 12.8 Å². The molecule has 0 aliphatic carbocycles. The van der Waals surface area contributed by atoms with Gasteiger partial charge in [0.15, 0.2) is 0 Å². The van der Waals surface area contributed by atoms with Crippen LogP contribution in [0, 0.1) is 5.41 Å². The minimum Gasteiger partial charge on any atom is -0.289 e. The van der Waals surface area contributed by atoms with Crippen molar-refractivity contribution in [3.8, 4) is 0 Å². The molecule has 1 rings (SSSR count). The molecule has 0 aromatic rings. The van der Waals surface area contributed by atoms with Crippen molar-refractivity contribution in [3.05, 3.63) is 11.6 Å². The van der Waals surface area contributed by atoms with Gasteiger partial charge in [0.2, 0.25) is 0 Å². The molecule has 1 nitrogen and oxygen atoms in total. The van der Waals surface area contributed by atoms with Gasteiger partial charge < -0.3 is 0 Å². The summed E-state index contributed by atoms with van der Waals surface area (Å²) in [4.78, 5) is 4.13. The molecule has 0 saturated heterocycles. The zero-order valence-corrected chi connectivity index (χ0v) is 7.02. The summed E-state index contributed by atoms with van der Waals surface area (Å²) in [5.74, 6) is 0. The summed E-state index contributed by atoms with van der Waals surface area (Å²) in [6.07, 6.45) is 5.34. The molecule has 0 atom stereocenters. The zero-order chi connectivity index (χ0) is 7.61. The van der Waals surface area contributed by atoms with Crippen LogP contribution in [0.4, 0.5) is 0 Å². The second-order valence-electron chi connectivity index (χ2n) is 4.01. The average Bonchev–Trinajstić information content (AvgIpc) is 2.12. The molecule has 0 saturated carbocycles. The van der Waals surface area contributed by atoms with Gasteiger partial charge in [-0.15, -0.1) is 0 Å². The van der Waals surface area contributed by atoms with E-state index < -0.39 is 0 Å². The molecule has 0 unspecified atom stereocenters. The molecule has 0 radical (unpaired) electrons. The SMILES string of the molecule is CC(C)(C)CC1=CCN=C1. The van der Waals surface area contributed by atoms with Gasteiger partial charge in [-0.1, -0.05) is 26.8 Å². The fourth-order valence-electron chi connectivity index (χ4n) is 1.12. The van der Waals surface area contributed by atoms with E-state index >= 15 is 0 Å². The Bertz CT molecular complexity index is 170. The van der Waals surface area contributed by atoms with Crippen LogP contribution in [0.5, 0.6) is 0 Å². The van der Waals surface area contributed by atoms with Gasteiger partial charge in [-0.25, -0.2) is 0 Å². The molecular formula is C9H15N. The number of rotatable bonds is 1. The van der Waals surface area contributed by atoms with Crippen LogP contribution in [0.2, 0.25) is 0 Å². The lowest BCUT2D eigenvalue weighted by molar-refractivity contribution is 0.416. The maximum Gasteiger partial charge on any atom is 0.0576 e. The first-order valence-corrected chi connectivity index (χ1v) is 3.77. The van der Waals surface area contributed by atoms with Crippen molar-refractivity contribution >= 4 is 6.21 Å². The molecule has 0 aromatic carbocycles. The van der Waals surface area contributed by atoms with E-state index in [2.05, 4.69) is 31.8 Å². The number of aliphatic imine (C=N–C) groups is 1. The highest BCUT2D eigenvalue weighted by molar-refractivity contribution is 5.80. The van der Waals surface area contributed by atoms with Crippen molar-refractivity contribution < 1.29 is 0 Å². The summed E-state index contributed by atoms with van der Waals surface area (Å²) in [6, 6.07) is 0. The third-order valence-corrected chi connectivity index (χ3v) is 1.45. The molecule has 0 spiro atoms. The predicted octanol–water partition coefficient (Wildman–Crippen LogP) is 2.43. The first kappa shape index (κ1) is 7.52. The Balaban J connectivity index is 2.46. The summed E-state index contributed by atoms with van der Waals surface area (Å²) in [5, 5.41) is 0. The van der Waals surface area contributed by atoms with Crippen molar-refractivity contribution in [2.75, 3.05) is 6.54 Å². The maximum absolute atomic E-state index is 4.13. The molecule has 0 N–H and O–H groups in total. The minimum atomic E-state index is 0.405. The van der Waals surface area contributed by atoms with Gasteiger partial charge in [0.05, 0.1) is 6.54 Å². The molecule has 10 heavy (non-hydrogen) atoms. The molecule has 56 valence electrons. The van der Waals surface area contributed by atoms with Crippen molar-refractivity contribution in [2.24, 2.45) is 10.4 Å². The lowest BCUT2D eigenvalue weighted by Gasteiger charge is -2.17. The third kappa shape index (κ3) is 2.34. The zero-order valence-electron chi connectivity index (χ0n) is 7.02. The Kier molecular flexibility index (Phi) is 1.93. The average molecular weight is 137 g/mol. The monoisotopic (exact) mass is 137 g/mol. The molecule has 0 fully saturated rings. The molecule has 1 heteroatoms. The number of nitrogens with zero attached hydrogens (tertiary/aromatic N) is 1. The number of hydrogen-bond donors (Lipinski definition) is 0. The lowest BCUT2D eigenvalue weighted by atomic mass is 9.88. The van der Waals surface area contributed by atoms with E-state index in [1.807, 2.05) is 6.21 Å². The highest BCUT2D eigenvalue weighted by atomic mass is 14.7. The molecular weight excluding hydrogens is 122 g/mol. The van der Waals surface area contributed by atoms with Gasteiger partial charge in [-0.2, -0.15) is 0 Å². The topological polar surface area (TPSA) is 12.4 Å². The molecule has 1 aliphatic heterocycles. The lowest BCUT2D eigenvalue weighted by Crippen LogP contribution is -2.05. The van der Waals surface area contributed by atoms with Crippen LogP contribution in [-0.2, 0) is 0 Å². The molecule has 0 bridgehead atoms. The second kappa shape index (κ2) is 2.57. The van der Waals surface area contributed by atoms with Crippen molar-refractivity contribution in [3.63, 3.8) is 0 Å². The Hall–Kier alpha value is -0.590. The highest BCUT2D eigenvalue weighted by Crippen LogP contribution is 2.23. The van der Waals surface area contributed by atoms with Crippen molar-refractivity contribution in [2.45, 2.75) is 27.2 Å². The van der Waals surface area contributed by atoms with Crippen LogP contribution >= 0.6 is 0 Å². The van der Waals surface area contributed by atoms with Crippen molar-refractivity contribution in [1.82, 2.24) is 0 Å². The fourth-order valence-corrected chi connectivity index (χ4v) is 1.12. The second-order valence-corrected chi connectivity index (χ2v) is 4.01. The highest BCUT2D eigenvalue weighted by Gasteiger charge is 2.12. The van der Waals surface area contributed by atoms with E-state index in [0.29, 0.717) is 5.41 Å². The van der Waals surface area contributed by atoms with Gasteiger partial charge >= 0.3 is 0 Å². The van der Waals surface area contributed by atoms with Gasteiger partial charge in [0.1, 0.15) is 0 Å². The first-order valence-electron chi connectivity index (χ1n) is 3.77. The first-order chi connectivity index (χ1) is 4.58. The molecule has 0 aromatic heterocycles. The quantitative estimate of drug-likeness (QED) is 0.526. The Morgan fingerprint density at radius 3 is 2.60 bits per heavy atom. The van der Waals surface area contributed by atoms with Crippen molar-refractivity contribution in [1.29, 1.82) is 0 Å². The van der Waals surface area contributed by atoms with Crippen LogP contribution in [0.15, 0.2) is 16.6 Å². The molecule has 0 amide bonds. The van der Waals surface area contributed by atoms with E-state index in [-0.39, 0.29) is 0 Å². The predicted molar refractivity (Wildman–Crippen MR) is 45.5 cm³/mol. The fraction of sp³-hybridized carbons (Fsp3) is 0.667. The van der Waals surface area contributed by atoms with E-state index in [9.17, 15) is 0 Å². The standard InChI is InChI=1S/C9H15N/c1-9(2,3)6-8-4-5-10-7-8/h4,7H,5-6H2,1-3H3. The van der Waals surface area contributed by atoms with Gasteiger partial charge in [-0.05, 0) is 17.4 Å². The minimum absolute atomic E-state index is 0.405. The number of allylic oxidation sites excluding steroid dienone is 1. The van der Waals surface area contributed by atoms with Gasteiger partial charge in [0.25, 0.3) is 0 Å². The summed E-state index contributed by atoms with van der Waals surface area (Å²) >= 11 is 0. The van der Waals surface area contributed by atoms with E-state index in [0.717, 1.165) is 13.0 Å². The van der Waals surface area contributed by atoms with Crippen LogP contribution in [0.3, 0.4) is 0 Å². The Labute approximate surface area is 62.9 Å². The number of hydrogen-bond acceptors (Lipinski definition) is 1. The van der Waals surface area contributed by atoms with E-state index in [1.165, 1.54) is 5.57 Å². The normalized spacial score (nSPS) is 17.7. The van der Waals surface area contributed by atoms with Gasteiger partial charge in [-0.3, -0.25) is 4.99 Å². The maximum atomic E-state index is 4.13. The van der Waals surface area contributed by atoms with Crippen LogP contribution in [0.25, 0.3) is 0 Å². The van der Waals surface area contributed by atoms with E-state index in [1.54, 1.807) is 0 Å².